The zero-order valence-electron chi connectivity index (χ0n) is 10.4. The van der Waals surface area contributed by atoms with Crippen LogP contribution in [0.3, 0.4) is 0 Å². The lowest BCUT2D eigenvalue weighted by Gasteiger charge is -2.33. The van der Waals surface area contributed by atoms with Gasteiger partial charge in [0.1, 0.15) is 0 Å². The first-order valence-corrected chi connectivity index (χ1v) is 6.79. The maximum atomic E-state index is 5.51. The molecule has 4 rings (SSSR count). The van der Waals surface area contributed by atoms with Crippen LogP contribution < -0.4 is 14.8 Å². The third-order valence-electron chi connectivity index (χ3n) is 4.23. The first kappa shape index (κ1) is 10.6. The van der Waals surface area contributed by atoms with Crippen molar-refractivity contribution in [1.82, 2.24) is 10.2 Å². The van der Waals surface area contributed by atoms with Crippen molar-refractivity contribution in [3.63, 3.8) is 0 Å². The van der Waals surface area contributed by atoms with E-state index in [0.29, 0.717) is 12.8 Å². The van der Waals surface area contributed by atoms with Gasteiger partial charge in [0.2, 0.25) is 6.79 Å². The zero-order valence-corrected chi connectivity index (χ0v) is 10.4. The van der Waals surface area contributed by atoms with Crippen LogP contribution in [0.1, 0.15) is 30.0 Å². The summed E-state index contributed by atoms with van der Waals surface area (Å²) in [6, 6.07) is 4.85. The van der Waals surface area contributed by atoms with E-state index in [2.05, 4.69) is 22.3 Å². The molecule has 96 valence electrons. The van der Waals surface area contributed by atoms with Gasteiger partial charge in [-0.25, -0.2) is 0 Å². The van der Waals surface area contributed by atoms with Gasteiger partial charge in [0.25, 0.3) is 0 Å². The van der Waals surface area contributed by atoms with Gasteiger partial charge in [-0.05, 0) is 49.2 Å². The average Bonchev–Trinajstić information content (AvgIpc) is 3.06. The Labute approximate surface area is 107 Å². The molecule has 1 N–H and O–H groups in total. The van der Waals surface area contributed by atoms with E-state index in [1.807, 2.05) is 0 Å². The number of benzene rings is 1. The van der Waals surface area contributed by atoms with Crippen molar-refractivity contribution in [3.05, 3.63) is 23.3 Å². The summed E-state index contributed by atoms with van der Waals surface area (Å²) < 4.78 is 11.0. The summed E-state index contributed by atoms with van der Waals surface area (Å²) in [4.78, 5) is 2.59. The first-order valence-electron chi connectivity index (χ1n) is 6.79. The lowest BCUT2D eigenvalue weighted by Crippen LogP contribution is -2.38. The molecule has 1 fully saturated rings. The van der Waals surface area contributed by atoms with Gasteiger partial charge in [0, 0.05) is 19.1 Å². The van der Waals surface area contributed by atoms with E-state index in [1.54, 1.807) is 0 Å². The maximum Gasteiger partial charge on any atom is 0.231 e. The first-order chi connectivity index (χ1) is 8.92. The molecule has 4 nitrogen and oxygen atoms in total. The van der Waals surface area contributed by atoms with Crippen molar-refractivity contribution < 1.29 is 9.47 Å². The second-order valence-electron chi connectivity index (χ2n) is 5.29. The lowest BCUT2D eigenvalue weighted by atomic mass is 9.95. The lowest BCUT2D eigenvalue weighted by molar-refractivity contribution is 0.173. The Morgan fingerprint density at radius 2 is 1.89 bits per heavy atom. The predicted octanol–water partition coefficient (Wildman–Crippen LogP) is 1.66. The van der Waals surface area contributed by atoms with Crippen LogP contribution in [-0.4, -0.2) is 31.3 Å². The molecule has 0 saturated carbocycles. The fraction of sp³-hybridized carbons (Fsp3) is 0.571. The van der Waals surface area contributed by atoms with Gasteiger partial charge in [-0.1, -0.05) is 0 Å². The molecule has 0 aromatic heterocycles. The number of rotatable bonds is 1. The molecule has 18 heavy (non-hydrogen) atoms. The van der Waals surface area contributed by atoms with Crippen LogP contribution in [-0.2, 0) is 6.54 Å². The Kier molecular flexibility index (Phi) is 2.45. The highest BCUT2D eigenvalue weighted by atomic mass is 16.7. The normalized spacial score (nSPS) is 26.3. The molecular weight excluding hydrogens is 228 g/mol. The summed E-state index contributed by atoms with van der Waals surface area (Å²) in [7, 11) is 0. The smallest absolute Gasteiger partial charge is 0.231 e. The third-order valence-corrected chi connectivity index (χ3v) is 4.23. The topological polar surface area (TPSA) is 33.7 Å². The van der Waals surface area contributed by atoms with Crippen LogP contribution in [0.25, 0.3) is 0 Å². The van der Waals surface area contributed by atoms with Crippen molar-refractivity contribution in [3.8, 4) is 11.5 Å². The Hall–Kier alpha value is -1.26. The molecule has 0 aliphatic carbocycles. The standard InChI is InChI=1S/C14H18N2O2/c1-2-4-16(3-1)12-8-15-7-10-5-13-14(6-11(10)12)18-9-17-13/h5-6,12,15H,1-4,7-9H2/t12-/m0/s1. The fourth-order valence-electron chi connectivity index (χ4n) is 3.30. The molecule has 0 unspecified atom stereocenters. The van der Waals surface area contributed by atoms with Crippen LogP contribution in [0, 0.1) is 0 Å². The summed E-state index contributed by atoms with van der Waals surface area (Å²) in [5.41, 5.74) is 2.79. The maximum absolute atomic E-state index is 5.51. The van der Waals surface area contributed by atoms with E-state index in [-0.39, 0.29) is 0 Å². The molecule has 0 amide bonds. The van der Waals surface area contributed by atoms with Crippen molar-refractivity contribution in [2.24, 2.45) is 0 Å². The van der Waals surface area contributed by atoms with Crippen LogP contribution in [0.4, 0.5) is 0 Å². The summed E-state index contributed by atoms with van der Waals surface area (Å²) in [5, 5.41) is 3.52. The second kappa shape index (κ2) is 4.14. The molecule has 1 aromatic carbocycles. The fourth-order valence-corrected chi connectivity index (χ4v) is 3.30. The molecule has 0 radical (unpaired) electrons. The molecule has 0 bridgehead atoms. The summed E-state index contributed by atoms with van der Waals surface area (Å²) in [6.07, 6.45) is 2.66. The number of likely N-dealkylation sites (tertiary alicyclic amines) is 1. The van der Waals surface area contributed by atoms with Gasteiger partial charge in [-0.15, -0.1) is 0 Å². The average molecular weight is 246 g/mol. The highest BCUT2D eigenvalue weighted by Gasteiger charge is 2.30. The molecule has 1 atom stereocenters. The number of ether oxygens (including phenoxy) is 2. The van der Waals surface area contributed by atoms with Crippen molar-refractivity contribution >= 4 is 0 Å². The van der Waals surface area contributed by atoms with Crippen molar-refractivity contribution in [2.45, 2.75) is 25.4 Å². The Morgan fingerprint density at radius 1 is 1.11 bits per heavy atom. The molecule has 1 aromatic rings. The van der Waals surface area contributed by atoms with Gasteiger partial charge < -0.3 is 14.8 Å². The minimum atomic E-state index is 0.361. The molecule has 3 aliphatic heterocycles. The number of nitrogens with one attached hydrogen (secondary N) is 1. The highest BCUT2D eigenvalue weighted by Crippen LogP contribution is 2.39. The Bertz CT molecular complexity index is 469. The molecule has 3 aliphatic rings. The quantitative estimate of drug-likeness (QED) is 0.817. The third kappa shape index (κ3) is 1.60. The number of fused-ring (bicyclic) bond motifs is 2. The van der Waals surface area contributed by atoms with Gasteiger partial charge in [0.05, 0.1) is 0 Å². The molecule has 3 heterocycles. The molecular formula is C14H18N2O2. The van der Waals surface area contributed by atoms with Crippen molar-refractivity contribution in [2.75, 3.05) is 26.4 Å². The van der Waals surface area contributed by atoms with Crippen LogP contribution in [0.15, 0.2) is 12.1 Å². The summed E-state index contributed by atoms with van der Waals surface area (Å²) in [6.45, 7) is 4.80. The van der Waals surface area contributed by atoms with Crippen LogP contribution in [0.5, 0.6) is 11.5 Å². The van der Waals surface area contributed by atoms with Crippen LogP contribution in [0.2, 0.25) is 0 Å². The number of hydrogen-bond donors (Lipinski definition) is 1. The largest absolute Gasteiger partial charge is 0.454 e. The van der Waals surface area contributed by atoms with Gasteiger partial charge in [-0.2, -0.15) is 0 Å². The monoisotopic (exact) mass is 246 g/mol. The van der Waals surface area contributed by atoms with E-state index >= 15 is 0 Å². The number of nitrogens with zero attached hydrogens (tertiary/aromatic N) is 1. The van der Waals surface area contributed by atoms with Crippen molar-refractivity contribution in [1.29, 1.82) is 0 Å². The van der Waals surface area contributed by atoms with Crippen LogP contribution >= 0.6 is 0 Å². The van der Waals surface area contributed by atoms with Gasteiger partial charge in [-0.3, -0.25) is 4.90 Å². The summed E-state index contributed by atoms with van der Waals surface area (Å²) in [5.74, 6) is 1.82. The Morgan fingerprint density at radius 3 is 2.72 bits per heavy atom. The molecule has 0 spiro atoms. The highest BCUT2D eigenvalue weighted by molar-refractivity contribution is 5.50. The zero-order chi connectivity index (χ0) is 11.9. The minimum Gasteiger partial charge on any atom is -0.454 e. The Balaban J connectivity index is 1.73. The van der Waals surface area contributed by atoms with Gasteiger partial charge >= 0.3 is 0 Å². The molecule has 1 saturated heterocycles. The van der Waals surface area contributed by atoms with Gasteiger partial charge in [0.15, 0.2) is 11.5 Å². The SMILES string of the molecule is c1c2c(cc3c1OCO3)[C@@H](N1CCCC1)CNC2. The van der Waals surface area contributed by atoms with E-state index < -0.39 is 0 Å². The number of hydrogen-bond acceptors (Lipinski definition) is 4. The minimum absolute atomic E-state index is 0.361. The molecule has 4 heteroatoms. The summed E-state index contributed by atoms with van der Waals surface area (Å²) >= 11 is 0. The van der Waals surface area contributed by atoms with E-state index in [9.17, 15) is 0 Å². The van der Waals surface area contributed by atoms with E-state index in [4.69, 9.17) is 9.47 Å². The van der Waals surface area contributed by atoms with E-state index in [1.165, 1.54) is 37.1 Å². The second-order valence-corrected chi connectivity index (χ2v) is 5.29. The predicted molar refractivity (Wildman–Crippen MR) is 67.8 cm³/mol. The van der Waals surface area contributed by atoms with E-state index in [0.717, 1.165) is 24.6 Å².